The van der Waals surface area contributed by atoms with Crippen LogP contribution in [0.5, 0.6) is 0 Å². The summed E-state index contributed by atoms with van der Waals surface area (Å²) in [5, 5.41) is 9.42. The van der Waals surface area contributed by atoms with Gasteiger partial charge in [-0.05, 0) is 20.8 Å². The number of hydrogen-bond acceptors (Lipinski definition) is 2. The van der Waals surface area contributed by atoms with Crippen molar-refractivity contribution in [3.05, 3.63) is 23.0 Å². The van der Waals surface area contributed by atoms with Crippen LogP contribution in [0.15, 0.2) is 23.0 Å². The Hall–Kier alpha value is -1.23. The Balaban J connectivity index is 3.09. The topological polar surface area (TPSA) is 80.4 Å². The van der Waals surface area contributed by atoms with Crippen LogP contribution < -0.4 is 5.73 Å². The molecular formula is C6H7NO3S. The van der Waals surface area contributed by atoms with Crippen LogP contribution in [0.25, 0.3) is 0 Å². The summed E-state index contributed by atoms with van der Waals surface area (Å²) in [7, 11) is -2.50. The average molecular weight is 173 g/mol. The van der Waals surface area contributed by atoms with Gasteiger partial charge in [0.05, 0.1) is 0 Å². The summed E-state index contributed by atoms with van der Waals surface area (Å²) in [5.74, 6) is 0. The quantitative estimate of drug-likeness (QED) is 0.583. The van der Waals surface area contributed by atoms with E-state index in [4.69, 9.17) is 10.8 Å². The van der Waals surface area contributed by atoms with Crippen LogP contribution in [0.3, 0.4) is 0 Å². The zero-order valence-electron chi connectivity index (χ0n) is 5.56. The lowest BCUT2D eigenvalue weighted by Crippen LogP contribution is -2.20. The van der Waals surface area contributed by atoms with Crippen molar-refractivity contribution >= 4 is 20.6 Å². The Kier molecular flexibility index (Phi) is 1.74. The Morgan fingerprint density at radius 2 is 1.73 bits per heavy atom. The number of carboxylic acid groups (broad SMARTS) is 1. The molecule has 60 valence electrons. The molecule has 0 saturated heterocycles. The van der Waals surface area contributed by atoms with Crippen molar-refractivity contribution in [2.75, 3.05) is 0 Å². The molecule has 1 rings (SSSR count). The highest BCUT2D eigenvalue weighted by Crippen LogP contribution is 2.54. The van der Waals surface area contributed by atoms with E-state index in [2.05, 4.69) is 0 Å². The maximum atomic E-state index is 10.7. The zero-order valence-corrected chi connectivity index (χ0v) is 6.38. The summed E-state index contributed by atoms with van der Waals surface area (Å²) in [5.41, 5.74) is 4.95. The number of carbonyl (C=O) groups excluding carboxylic acids is 1. The molecule has 0 aliphatic carbocycles. The Labute approximate surface area is 64.7 Å². The summed E-state index contributed by atoms with van der Waals surface area (Å²) in [6, 6.07) is 0. The molecule has 0 radical (unpaired) electrons. The molecule has 1 aliphatic heterocycles. The minimum atomic E-state index is -2.50. The van der Waals surface area contributed by atoms with Crippen molar-refractivity contribution in [1.82, 2.24) is 0 Å². The lowest BCUT2D eigenvalue weighted by atomic mass is 10.6. The van der Waals surface area contributed by atoms with Gasteiger partial charge >= 0.3 is 5.30 Å². The van der Waals surface area contributed by atoms with Gasteiger partial charge < -0.3 is 10.8 Å². The molecule has 1 heterocycles. The fourth-order valence-electron chi connectivity index (χ4n) is 0.721. The highest BCUT2D eigenvalue weighted by Gasteiger charge is 2.34. The van der Waals surface area contributed by atoms with Gasteiger partial charge in [0.15, 0.2) is 0 Å². The molecule has 0 atom stereocenters. The third-order valence-corrected chi connectivity index (χ3v) is 3.74. The van der Waals surface area contributed by atoms with Crippen LogP contribution >= 0.6 is 10.0 Å². The van der Waals surface area contributed by atoms with Crippen molar-refractivity contribution in [3.63, 3.8) is 0 Å². The molecule has 0 aromatic carbocycles. The first-order valence-electron chi connectivity index (χ1n) is 2.80. The zero-order chi connectivity index (χ0) is 8.48. The van der Waals surface area contributed by atoms with E-state index >= 15 is 0 Å². The molecule has 11 heavy (non-hydrogen) atoms. The minimum Gasteiger partial charge on any atom is -0.473 e. The molecular weight excluding hydrogens is 166 g/mol. The van der Waals surface area contributed by atoms with Gasteiger partial charge in [-0.3, -0.25) is 4.79 Å². The second-order valence-electron chi connectivity index (χ2n) is 1.95. The fraction of sp³-hybridized carbons (Fsp3) is 0. The number of hydrogen-bond donors (Lipinski definition) is 2. The SMILES string of the molecule is NC(=O)S1(C(=O)O)C=CC=C1. The lowest BCUT2D eigenvalue weighted by Gasteiger charge is -2.20. The van der Waals surface area contributed by atoms with E-state index in [1.807, 2.05) is 0 Å². The number of carbonyl (C=O) groups is 2. The normalized spacial score (nSPS) is 21.5. The molecule has 4 nitrogen and oxygen atoms in total. The maximum absolute atomic E-state index is 10.7. The Morgan fingerprint density at radius 1 is 1.27 bits per heavy atom. The van der Waals surface area contributed by atoms with Crippen LogP contribution in [0.2, 0.25) is 0 Å². The van der Waals surface area contributed by atoms with Crippen LogP contribution in [0.4, 0.5) is 9.59 Å². The van der Waals surface area contributed by atoms with Crippen LogP contribution in [0.1, 0.15) is 0 Å². The van der Waals surface area contributed by atoms with Gasteiger partial charge in [0, 0.05) is 0 Å². The first-order valence-corrected chi connectivity index (χ1v) is 4.56. The van der Waals surface area contributed by atoms with Gasteiger partial charge in [0.2, 0.25) is 0 Å². The molecule has 3 N–H and O–H groups in total. The molecule has 0 saturated carbocycles. The fourth-order valence-corrected chi connectivity index (χ4v) is 2.16. The second-order valence-corrected chi connectivity index (χ2v) is 4.67. The van der Waals surface area contributed by atoms with Crippen molar-refractivity contribution < 1.29 is 14.7 Å². The summed E-state index contributed by atoms with van der Waals surface area (Å²) in [6.07, 6.45) is 3.04. The summed E-state index contributed by atoms with van der Waals surface area (Å²) in [4.78, 5) is 21.3. The number of rotatable bonds is 0. The third kappa shape index (κ3) is 1.03. The first kappa shape index (κ1) is 7.87. The van der Waals surface area contributed by atoms with Gasteiger partial charge in [-0.25, -0.2) is 4.79 Å². The predicted octanol–water partition coefficient (Wildman–Crippen LogP) is 1.59. The number of amides is 1. The number of primary amides is 1. The highest BCUT2D eigenvalue weighted by atomic mass is 32.3. The van der Waals surface area contributed by atoms with Gasteiger partial charge in [-0.15, -0.1) is 0 Å². The molecule has 0 fully saturated rings. The van der Waals surface area contributed by atoms with E-state index in [-0.39, 0.29) is 0 Å². The molecule has 0 aromatic rings. The van der Waals surface area contributed by atoms with Gasteiger partial charge in [-0.1, -0.05) is 12.2 Å². The Morgan fingerprint density at radius 3 is 1.91 bits per heavy atom. The maximum Gasteiger partial charge on any atom is 0.362 e. The van der Waals surface area contributed by atoms with E-state index < -0.39 is 20.6 Å². The van der Waals surface area contributed by atoms with E-state index in [1.54, 1.807) is 0 Å². The van der Waals surface area contributed by atoms with Crippen molar-refractivity contribution in [1.29, 1.82) is 0 Å². The van der Waals surface area contributed by atoms with Gasteiger partial charge in [-0.2, -0.15) is 0 Å². The minimum absolute atomic E-state index is 0.782. The number of allylic oxidation sites excluding steroid dienone is 2. The van der Waals surface area contributed by atoms with E-state index in [9.17, 15) is 9.59 Å². The summed E-state index contributed by atoms with van der Waals surface area (Å²) < 4.78 is 0. The van der Waals surface area contributed by atoms with Crippen LogP contribution in [0, 0.1) is 0 Å². The summed E-state index contributed by atoms with van der Waals surface area (Å²) in [6.45, 7) is 0. The summed E-state index contributed by atoms with van der Waals surface area (Å²) >= 11 is 0. The standard InChI is InChI=1S/C6H7NO3S/c7-5(8)11(6(9)10)3-1-2-4-11/h1-4H,(H2,7,8)(H,9,10). The van der Waals surface area contributed by atoms with Crippen LogP contribution in [-0.2, 0) is 0 Å². The van der Waals surface area contributed by atoms with Crippen molar-refractivity contribution in [2.45, 2.75) is 0 Å². The van der Waals surface area contributed by atoms with Crippen molar-refractivity contribution in [3.8, 4) is 0 Å². The van der Waals surface area contributed by atoms with Gasteiger partial charge in [0.25, 0.3) is 5.24 Å². The monoisotopic (exact) mass is 173 g/mol. The average Bonchev–Trinajstić information content (AvgIpc) is 2.34. The van der Waals surface area contributed by atoms with E-state index in [0.29, 0.717) is 0 Å². The molecule has 1 amide bonds. The third-order valence-electron chi connectivity index (χ3n) is 1.32. The van der Waals surface area contributed by atoms with E-state index in [1.165, 1.54) is 23.0 Å². The molecule has 0 bridgehead atoms. The lowest BCUT2D eigenvalue weighted by molar-refractivity contribution is 0.221. The highest BCUT2D eigenvalue weighted by molar-refractivity contribution is 8.59. The molecule has 1 aliphatic rings. The van der Waals surface area contributed by atoms with Gasteiger partial charge in [0.1, 0.15) is 0 Å². The van der Waals surface area contributed by atoms with Crippen molar-refractivity contribution in [2.24, 2.45) is 5.73 Å². The first-order chi connectivity index (χ1) is 5.09. The van der Waals surface area contributed by atoms with E-state index in [0.717, 1.165) is 0 Å². The Bertz CT molecular complexity index is 241. The molecule has 0 aromatic heterocycles. The molecule has 0 spiro atoms. The predicted molar refractivity (Wildman–Crippen MR) is 43.5 cm³/mol. The largest absolute Gasteiger partial charge is 0.473 e. The molecule has 5 heteroatoms. The smallest absolute Gasteiger partial charge is 0.362 e. The second kappa shape index (κ2) is 2.43. The van der Waals surface area contributed by atoms with Crippen LogP contribution in [-0.4, -0.2) is 15.6 Å². The molecule has 0 unspecified atom stereocenters. The number of nitrogens with two attached hydrogens (primary N) is 1.